The number of methoxy groups -OCH3 is 6. The van der Waals surface area contributed by atoms with E-state index < -0.39 is 22.5 Å². The van der Waals surface area contributed by atoms with Crippen LogP contribution in [0.4, 0.5) is 5.69 Å². The molecular weight excluding hydrogens is 622 g/mol. The molecule has 41 heavy (non-hydrogen) atoms. The molecular formula is C27H30BrN3O9S. The van der Waals surface area contributed by atoms with Gasteiger partial charge in [0.25, 0.3) is 15.9 Å². The number of hydrogen-bond donors (Lipinski definition) is 1. The number of hydrogen-bond acceptors (Lipinski definition) is 10. The van der Waals surface area contributed by atoms with Crippen molar-refractivity contribution in [2.45, 2.75) is 4.90 Å². The number of carbonyl (C=O) groups excluding carboxylic acids is 1. The van der Waals surface area contributed by atoms with Gasteiger partial charge in [0.2, 0.25) is 0 Å². The van der Waals surface area contributed by atoms with Gasteiger partial charge in [-0.25, -0.2) is 13.8 Å². The SMILES string of the molecule is COc1ccc(OC)c(N(CC(=O)N/N=C\c2cc(Br)c(OC)c(OC)c2)S(=O)(=O)c2ccc(OC)c(OC)c2)c1. The number of anilines is 1. The molecule has 220 valence electrons. The van der Waals surface area contributed by atoms with E-state index in [4.69, 9.17) is 28.4 Å². The lowest BCUT2D eigenvalue weighted by molar-refractivity contribution is -0.119. The molecule has 1 N–H and O–H groups in total. The smallest absolute Gasteiger partial charge is 0.265 e. The summed E-state index contributed by atoms with van der Waals surface area (Å²) in [6.45, 7) is -0.646. The fraction of sp³-hybridized carbons (Fsp3) is 0.259. The van der Waals surface area contributed by atoms with Crippen LogP contribution in [-0.4, -0.2) is 69.7 Å². The van der Waals surface area contributed by atoms with Gasteiger partial charge in [0.15, 0.2) is 23.0 Å². The van der Waals surface area contributed by atoms with Gasteiger partial charge in [0.05, 0.1) is 63.9 Å². The molecule has 12 nitrogen and oxygen atoms in total. The Morgan fingerprint density at radius 2 is 1.49 bits per heavy atom. The van der Waals surface area contributed by atoms with Crippen LogP contribution < -0.4 is 38.2 Å². The molecule has 1 amide bonds. The zero-order valence-electron chi connectivity index (χ0n) is 23.3. The van der Waals surface area contributed by atoms with Crippen molar-refractivity contribution in [3.8, 4) is 34.5 Å². The molecule has 0 saturated heterocycles. The number of sulfonamides is 1. The first-order chi connectivity index (χ1) is 19.6. The second kappa shape index (κ2) is 13.9. The highest BCUT2D eigenvalue weighted by atomic mass is 79.9. The Hall–Kier alpha value is -4.17. The lowest BCUT2D eigenvalue weighted by atomic mass is 10.2. The summed E-state index contributed by atoms with van der Waals surface area (Å²) in [5, 5.41) is 3.99. The van der Waals surface area contributed by atoms with E-state index in [0.29, 0.717) is 33.0 Å². The fourth-order valence-corrected chi connectivity index (χ4v) is 5.81. The van der Waals surface area contributed by atoms with Crippen LogP contribution in [0, 0.1) is 0 Å². The first kappa shape index (κ1) is 31.4. The summed E-state index contributed by atoms with van der Waals surface area (Å²) >= 11 is 3.40. The second-order valence-electron chi connectivity index (χ2n) is 8.10. The molecule has 0 aliphatic heterocycles. The molecule has 0 heterocycles. The Morgan fingerprint density at radius 3 is 2.10 bits per heavy atom. The number of benzene rings is 3. The summed E-state index contributed by atoms with van der Waals surface area (Å²) in [5.41, 5.74) is 3.02. The Kier molecular flexibility index (Phi) is 10.7. The van der Waals surface area contributed by atoms with Crippen LogP contribution >= 0.6 is 15.9 Å². The van der Waals surface area contributed by atoms with Crippen molar-refractivity contribution in [2.75, 3.05) is 53.5 Å². The third-order valence-electron chi connectivity index (χ3n) is 5.74. The van der Waals surface area contributed by atoms with Crippen molar-refractivity contribution in [1.82, 2.24) is 5.43 Å². The van der Waals surface area contributed by atoms with Crippen molar-refractivity contribution in [1.29, 1.82) is 0 Å². The number of amides is 1. The van der Waals surface area contributed by atoms with Crippen molar-refractivity contribution >= 4 is 43.8 Å². The third-order valence-corrected chi connectivity index (χ3v) is 8.09. The number of halogens is 1. The Balaban J connectivity index is 1.99. The minimum Gasteiger partial charge on any atom is -0.497 e. The summed E-state index contributed by atoms with van der Waals surface area (Å²) in [6.07, 6.45) is 1.38. The molecule has 0 spiro atoms. The van der Waals surface area contributed by atoms with E-state index in [-0.39, 0.29) is 22.1 Å². The average Bonchev–Trinajstić information content (AvgIpc) is 2.98. The van der Waals surface area contributed by atoms with Crippen LogP contribution in [0.2, 0.25) is 0 Å². The summed E-state index contributed by atoms with van der Waals surface area (Å²) in [7, 11) is 4.30. The van der Waals surface area contributed by atoms with Gasteiger partial charge < -0.3 is 28.4 Å². The number of hydrazone groups is 1. The molecule has 0 bridgehead atoms. The summed E-state index contributed by atoms with van der Waals surface area (Å²) in [5.74, 6) is 1.30. The molecule has 14 heteroatoms. The Morgan fingerprint density at radius 1 is 0.829 bits per heavy atom. The molecule has 0 unspecified atom stereocenters. The standard InChI is InChI=1S/C27H30BrN3O9S/c1-35-18-7-9-22(36-2)21(13-18)31(41(33,34)19-8-10-23(37-3)24(14-19)38-4)16-26(32)30-29-15-17-11-20(28)27(40-6)25(12-17)39-5/h7-15H,16H2,1-6H3,(H,30,32)/b29-15-. The minimum absolute atomic E-state index is 0.0737. The normalized spacial score (nSPS) is 11.1. The average molecular weight is 653 g/mol. The number of ether oxygens (including phenoxy) is 6. The van der Waals surface area contributed by atoms with Gasteiger partial charge in [-0.15, -0.1) is 0 Å². The lowest BCUT2D eigenvalue weighted by Crippen LogP contribution is -2.39. The monoisotopic (exact) mass is 651 g/mol. The Bertz CT molecular complexity index is 1530. The van der Waals surface area contributed by atoms with Crippen LogP contribution in [0.25, 0.3) is 0 Å². The predicted octanol–water partition coefficient (Wildman–Crippen LogP) is 3.85. The third kappa shape index (κ3) is 7.13. The van der Waals surface area contributed by atoms with Crippen LogP contribution in [-0.2, 0) is 14.8 Å². The maximum Gasteiger partial charge on any atom is 0.265 e. The molecule has 0 atom stereocenters. The molecule has 3 rings (SSSR count). The van der Waals surface area contributed by atoms with E-state index >= 15 is 0 Å². The summed E-state index contributed by atoms with van der Waals surface area (Å²) in [6, 6.07) is 12.1. The Labute approximate surface area is 246 Å². The zero-order chi connectivity index (χ0) is 30.2. The first-order valence-electron chi connectivity index (χ1n) is 11.8. The summed E-state index contributed by atoms with van der Waals surface area (Å²) < 4.78 is 61.3. The molecule has 0 aliphatic carbocycles. The number of rotatable bonds is 13. The van der Waals surface area contributed by atoms with E-state index in [9.17, 15) is 13.2 Å². The topological polar surface area (TPSA) is 134 Å². The van der Waals surface area contributed by atoms with Gasteiger partial charge in [-0.05, 0) is 57.9 Å². The van der Waals surface area contributed by atoms with Crippen LogP contribution in [0.1, 0.15) is 5.56 Å². The molecule has 3 aromatic rings. The highest BCUT2D eigenvalue weighted by molar-refractivity contribution is 9.10. The maximum atomic E-state index is 14.0. The molecule has 0 aliphatic rings. The highest BCUT2D eigenvalue weighted by Gasteiger charge is 2.31. The van der Waals surface area contributed by atoms with E-state index in [0.717, 1.165) is 4.31 Å². The van der Waals surface area contributed by atoms with Crippen molar-refractivity contribution in [2.24, 2.45) is 5.10 Å². The number of carbonyl (C=O) groups is 1. The van der Waals surface area contributed by atoms with E-state index in [1.54, 1.807) is 18.2 Å². The van der Waals surface area contributed by atoms with Crippen LogP contribution in [0.3, 0.4) is 0 Å². The van der Waals surface area contributed by atoms with Crippen molar-refractivity contribution in [3.63, 3.8) is 0 Å². The first-order valence-corrected chi connectivity index (χ1v) is 14.1. The van der Waals surface area contributed by atoms with Gasteiger partial charge in [0, 0.05) is 12.1 Å². The molecule has 0 fully saturated rings. The van der Waals surface area contributed by atoms with E-state index in [2.05, 4.69) is 26.5 Å². The van der Waals surface area contributed by atoms with Crippen LogP contribution in [0.15, 0.2) is 63.0 Å². The van der Waals surface area contributed by atoms with Gasteiger partial charge >= 0.3 is 0 Å². The molecule has 0 radical (unpaired) electrons. The number of nitrogens with zero attached hydrogens (tertiary/aromatic N) is 2. The highest BCUT2D eigenvalue weighted by Crippen LogP contribution is 2.38. The lowest BCUT2D eigenvalue weighted by Gasteiger charge is -2.26. The van der Waals surface area contributed by atoms with Gasteiger partial charge in [0.1, 0.15) is 18.0 Å². The minimum atomic E-state index is -4.35. The van der Waals surface area contributed by atoms with E-state index in [1.807, 2.05) is 0 Å². The predicted molar refractivity (Wildman–Crippen MR) is 157 cm³/mol. The number of nitrogens with one attached hydrogen (secondary N) is 1. The van der Waals surface area contributed by atoms with Crippen molar-refractivity contribution in [3.05, 3.63) is 58.6 Å². The van der Waals surface area contributed by atoms with Crippen LogP contribution in [0.5, 0.6) is 34.5 Å². The zero-order valence-corrected chi connectivity index (χ0v) is 25.7. The molecule has 0 saturated carbocycles. The quantitative estimate of drug-likeness (QED) is 0.216. The maximum absolute atomic E-state index is 14.0. The van der Waals surface area contributed by atoms with Gasteiger partial charge in [-0.3, -0.25) is 9.10 Å². The molecule has 0 aromatic heterocycles. The van der Waals surface area contributed by atoms with Gasteiger partial charge in [-0.2, -0.15) is 5.10 Å². The van der Waals surface area contributed by atoms with Gasteiger partial charge in [-0.1, -0.05) is 0 Å². The second-order valence-corrected chi connectivity index (χ2v) is 10.8. The van der Waals surface area contributed by atoms with E-state index in [1.165, 1.54) is 79.2 Å². The summed E-state index contributed by atoms with van der Waals surface area (Å²) in [4.78, 5) is 12.9. The fourth-order valence-electron chi connectivity index (χ4n) is 3.75. The van der Waals surface area contributed by atoms with Crippen molar-refractivity contribution < 1.29 is 41.6 Å². The largest absolute Gasteiger partial charge is 0.497 e. The molecule has 3 aromatic carbocycles.